The minimum absolute atomic E-state index is 0.0927. The lowest BCUT2D eigenvalue weighted by atomic mass is 10.1. The lowest BCUT2D eigenvalue weighted by molar-refractivity contribution is -0.121. The highest BCUT2D eigenvalue weighted by atomic mass is 32.2. The Morgan fingerprint density at radius 3 is 2.74 bits per heavy atom. The van der Waals surface area contributed by atoms with Gasteiger partial charge in [0.1, 0.15) is 4.90 Å². The number of likely N-dealkylation sites (N-methyl/N-ethyl adjacent to an activating group) is 1. The molecular formula is C16H21N3O3S. The van der Waals surface area contributed by atoms with Gasteiger partial charge in [-0.05, 0) is 30.9 Å². The standard InChI is InChI=1S/C16H21N3O3S/c1-19(11-15(20)17-10-12-6-2-3-7-12)16-13-8-4-5-9-14(13)23(21,22)18-16/h4-5,8-9,12H,2-3,6-7,10-11H2,1H3,(H,17,20). The minimum Gasteiger partial charge on any atom is -0.354 e. The monoisotopic (exact) mass is 335 g/mol. The summed E-state index contributed by atoms with van der Waals surface area (Å²) in [5.41, 5.74) is 0.554. The van der Waals surface area contributed by atoms with Gasteiger partial charge in [-0.15, -0.1) is 4.40 Å². The first-order valence-corrected chi connectivity index (χ1v) is 9.33. The van der Waals surface area contributed by atoms with Crippen molar-refractivity contribution >= 4 is 21.8 Å². The molecule has 1 aromatic rings. The first-order valence-electron chi connectivity index (χ1n) is 7.89. The maximum absolute atomic E-state index is 12.1. The van der Waals surface area contributed by atoms with Crippen LogP contribution < -0.4 is 5.32 Å². The Balaban J connectivity index is 1.64. The molecule has 3 rings (SSSR count). The molecule has 0 atom stereocenters. The number of carbonyl (C=O) groups excluding carboxylic acids is 1. The molecule has 6 nitrogen and oxygen atoms in total. The number of nitrogens with one attached hydrogen (secondary N) is 1. The number of carbonyl (C=O) groups is 1. The fraction of sp³-hybridized carbons (Fsp3) is 0.500. The molecule has 0 bridgehead atoms. The van der Waals surface area contributed by atoms with Crippen LogP contribution in [0.1, 0.15) is 31.2 Å². The van der Waals surface area contributed by atoms with Gasteiger partial charge in [0.25, 0.3) is 10.0 Å². The van der Waals surface area contributed by atoms with Gasteiger partial charge in [0.05, 0.1) is 6.54 Å². The highest BCUT2D eigenvalue weighted by Gasteiger charge is 2.30. The van der Waals surface area contributed by atoms with Crippen LogP contribution >= 0.6 is 0 Å². The molecule has 1 aliphatic carbocycles. The summed E-state index contributed by atoms with van der Waals surface area (Å²) in [6, 6.07) is 6.69. The average Bonchev–Trinajstić information content (AvgIpc) is 3.12. The van der Waals surface area contributed by atoms with E-state index < -0.39 is 10.0 Å². The zero-order valence-electron chi connectivity index (χ0n) is 13.2. The largest absolute Gasteiger partial charge is 0.354 e. The van der Waals surface area contributed by atoms with Gasteiger partial charge in [0, 0.05) is 19.2 Å². The van der Waals surface area contributed by atoms with Crippen LogP contribution in [0.5, 0.6) is 0 Å². The molecule has 0 aromatic heterocycles. The second kappa shape index (κ2) is 6.31. The molecular weight excluding hydrogens is 314 g/mol. The van der Waals surface area contributed by atoms with Crippen LogP contribution in [0.4, 0.5) is 0 Å². The van der Waals surface area contributed by atoms with Crippen LogP contribution in [0.3, 0.4) is 0 Å². The highest BCUT2D eigenvalue weighted by molar-refractivity contribution is 7.90. The second-order valence-electron chi connectivity index (χ2n) is 6.20. The molecule has 2 aliphatic rings. The predicted molar refractivity (Wildman–Crippen MR) is 87.8 cm³/mol. The van der Waals surface area contributed by atoms with Crippen molar-refractivity contribution in [2.45, 2.75) is 30.6 Å². The molecule has 1 heterocycles. The van der Waals surface area contributed by atoms with Gasteiger partial charge in [-0.1, -0.05) is 25.0 Å². The molecule has 0 spiro atoms. The maximum Gasteiger partial charge on any atom is 0.285 e. The van der Waals surface area contributed by atoms with Crippen LogP contribution in [0.15, 0.2) is 33.6 Å². The summed E-state index contributed by atoms with van der Waals surface area (Å²) in [6.07, 6.45) is 4.83. The van der Waals surface area contributed by atoms with E-state index in [2.05, 4.69) is 9.71 Å². The summed E-state index contributed by atoms with van der Waals surface area (Å²) in [5.74, 6) is 0.801. The van der Waals surface area contributed by atoms with E-state index >= 15 is 0 Å². The molecule has 1 N–H and O–H groups in total. The van der Waals surface area contributed by atoms with Crippen molar-refractivity contribution in [1.82, 2.24) is 10.2 Å². The number of nitrogens with zero attached hydrogens (tertiary/aromatic N) is 2. The molecule has 23 heavy (non-hydrogen) atoms. The molecule has 0 unspecified atom stereocenters. The fourth-order valence-electron chi connectivity index (χ4n) is 3.18. The number of benzene rings is 1. The topological polar surface area (TPSA) is 78.8 Å². The second-order valence-corrected chi connectivity index (χ2v) is 7.77. The smallest absolute Gasteiger partial charge is 0.285 e. The molecule has 1 aromatic carbocycles. The third kappa shape index (κ3) is 3.39. The third-order valence-corrected chi connectivity index (χ3v) is 5.74. The van der Waals surface area contributed by atoms with Crippen molar-refractivity contribution in [3.8, 4) is 0 Å². The van der Waals surface area contributed by atoms with Crippen molar-refractivity contribution in [1.29, 1.82) is 0 Å². The summed E-state index contributed by atoms with van der Waals surface area (Å²) in [7, 11) is -1.96. The molecule has 0 radical (unpaired) electrons. The third-order valence-electron chi connectivity index (χ3n) is 4.42. The Morgan fingerprint density at radius 2 is 2.00 bits per heavy atom. The number of hydrogen-bond donors (Lipinski definition) is 1. The summed E-state index contributed by atoms with van der Waals surface area (Å²) in [4.78, 5) is 13.9. The highest BCUT2D eigenvalue weighted by Crippen LogP contribution is 2.27. The predicted octanol–water partition coefficient (Wildman–Crippen LogP) is 1.37. The van der Waals surface area contributed by atoms with Gasteiger partial charge in [0.2, 0.25) is 5.91 Å². The van der Waals surface area contributed by atoms with E-state index in [9.17, 15) is 13.2 Å². The van der Waals surface area contributed by atoms with Crippen LogP contribution in [0.25, 0.3) is 0 Å². The SMILES string of the molecule is CN(CC(=O)NCC1CCCC1)C1=NS(=O)(=O)c2ccccc21. The minimum atomic E-state index is -3.65. The Bertz CT molecular complexity index is 737. The van der Waals surface area contributed by atoms with E-state index in [0.29, 0.717) is 23.9 Å². The van der Waals surface area contributed by atoms with Gasteiger partial charge in [-0.25, -0.2) is 0 Å². The number of amidine groups is 1. The normalized spacial score (nSPS) is 19.3. The Morgan fingerprint density at radius 1 is 1.30 bits per heavy atom. The van der Waals surface area contributed by atoms with Crippen molar-refractivity contribution in [2.24, 2.45) is 10.3 Å². The van der Waals surface area contributed by atoms with Crippen LogP contribution in [-0.4, -0.2) is 45.2 Å². The zero-order chi connectivity index (χ0) is 16.4. The van der Waals surface area contributed by atoms with Gasteiger partial charge >= 0.3 is 0 Å². The molecule has 124 valence electrons. The van der Waals surface area contributed by atoms with E-state index in [1.54, 1.807) is 30.1 Å². The van der Waals surface area contributed by atoms with E-state index in [1.807, 2.05) is 0 Å². The van der Waals surface area contributed by atoms with Crippen LogP contribution in [-0.2, 0) is 14.8 Å². The van der Waals surface area contributed by atoms with Gasteiger partial charge in [0.15, 0.2) is 5.84 Å². The fourth-order valence-corrected chi connectivity index (χ4v) is 4.43. The van der Waals surface area contributed by atoms with Crippen molar-refractivity contribution in [3.05, 3.63) is 29.8 Å². The molecule has 1 saturated carbocycles. The van der Waals surface area contributed by atoms with Crippen molar-refractivity contribution < 1.29 is 13.2 Å². The molecule has 1 aliphatic heterocycles. The molecule has 1 fully saturated rings. The molecule has 0 saturated heterocycles. The molecule has 7 heteroatoms. The lowest BCUT2D eigenvalue weighted by Gasteiger charge is -2.19. The molecule has 1 amide bonds. The number of rotatable bonds is 4. The summed E-state index contributed by atoms with van der Waals surface area (Å²) in [6.45, 7) is 0.795. The van der Waals surface area contributed by atoms with Gasteiger partial charge in [-0.2, -0.15) is 8.42 Å². The number of hydrogen-bond acceptors (Lipinski definition) is 4. The van der Waals surface area contributed by atoms with Gasteiger partial charge < -0.3 is 10.2 Å². The van der Waals surface area contributed by atoms with Crippen LogP contribution in [0, 0.1) is 5.92 Å². The summed E-state index contributed by atoms with van der Waals surface area (Å²) >= 11 is 0. The van der Waals surface area contributed by atoms with E-state index in [0.717, 1.165) is 0 Å². The Labute approximate surface area is 136 Å². The Hall–Kier alpha value is -1.89. The first-order chi connectivity index (χ1) is 11.0. The van der Waals surface area contributed by atoms with Crippen molar-refractivity contribution in [3.63, 3.8) is 0 Å². The first kappa shape index (κ1) is 16.0. The maximum atomic E-state index is 12.1. The van der Waals surface area contributed by atoms with E-state index in [-0.39, 0.29) is 17.3 Å². The van der Waals surface area contributed by atoms with E-state index in [4.69, 9.17) is 0 Å². The number of sulfonamides is 1. The lowest BCUT2D eigenvalue weighted by Crippen LogP contribution is -2.39. The van der Waals surface area contributed by atoms with Crippen LogP contribution in [0.2, 0.25) is 0 Å². The summed E-state index contributed by atoms with van der Waals surface area (Å²) in [5, 5.41) is 2.94. The van der Waals surface area contributed by atoms with E-state index in [1.165, 1.54) is 31.7 Å². The average molecular weight is 335 g/mol. The number of fused-ring (bicyclic) bond motifs is 1. The quantitative estimate of drug-likeness (QED) is 0.901. The van der Waals surface area contributed by atoms with Gasteiger partial charge in [-0.3, -0.25) is 4.79 Å². The summed E-state index contributed by atoms with van der Waals surface area (Å²) < 4.78 is 27.9. The number of amides is 1. The zero-order valence-corrected chi connectivity index (χ0v) is 14.0. The van der Waals surface area contributed by atoms with Crippen molar-refractivity contribution in [2.75, 3.05) is 20.1 Å². The Kier molecular flexibility index (Phi) is 4.39.